The summed E-state index contributed by atoms with van der Waals surface area (Å²) in [7, 11) is 0. The summed E-state index contributed by atoms with van der Waals surface area (Å²) in [6.45, 7) is 3.43. The average Bonchev–Trinajstić information content (AvgIpc) is 2.61. The summed E-state index contributed by atoms with van der Waals surface area (Å²) in [5.41, 5.74) is 0.885. The third kappa shape index (κ3) is 6.19. The van der Waals surface area contributed by atoms with E-state index in [4.69, 9.17) is 4.74 Å². The van der Waals surface area contributed by atoms with Crippen LogP contribution in [0, 0.1) is 0 Å². The minimum Gasteiger partial charge on any atom is -0.491 e. The van der Waals surface area contributed by atoms with Crippen LogP contribution < -0.4 is 10.1 Å². The first-order valence-corrected chi connectivity index (χ1v) is 9.04. The number of nitrogens with zero attached hydrogens (tertiary/aromatic N) is 1. The van der Waals surface area contributed by atoms with E-state index in [1.165, 1.54) is 19.3 Å². The molecule has 1 heterocycles. The molecule has 4 nitrogen and oxygen atoms in total. The zero-order valence-electron chi connectivity index (χ0n) is 14.6. The lowest BCUT2D eigenvalue weighted by molar-refractivity contribution is -0.121. The van der Waals surface area contributed by atoms with Gasteiger partial charge in [0.05, 0.1) is 6.61 Å². The second-order valence-corrected chi connectivity index (χ2v) is 6.05. The monoisotopic (exact) mass is 328 g/mol. The van der Waals surface area contributed by atoms with Crippen molar-refractivity contribution in [3.8, 4) is 5.75 Å². The number of amides is 1. The smallest absolute Gasteiger partial charge is 0.219 e. The van der Waals surface area contributed by atoms with Gasteiger partial charge in [-0.15, -0.1) is 0 Å². The highest BCUT2D eigenvalue weighted by Crippen LogP contribution is 2.22. The van der Waals surface area contributed by atoms with Crippen LogP contribution in [0.2, 0.25) is 0 Å². The maximum absolute atomic E-state index is 11.7. The van der Waals surface area contributed by atoms with E-state index < -0.39 is 0 Å². The van der Waals surface area contributed by atoms with Crippen molar-refractivity contribution < 1.29 is 9.53 Å². The number of hydrogen-bond acceptors (Lipinski definition) is 3. The van der Waals surface area contributed by atoms with Crippen molar-refractivity contribution in [3.05, 3.63) is 36.5 Å². The molecule has 0 bridgehead atoms. The molecule has 24 heavy (non-hydrogen) atoms. The zero-order chi connectivity index (χ0) is 17.0. The molecule has 2 rings (SSSR count). The Morgan fingerprint density at radius 1 is 1.08 bits per heavy atom. The Morgan fingerprint density at radius 3 is 2.79 bits per heavy atom. The number of unbranched alkanes of at least 4 members (excludes halogenated alkanes) is 4. The van der Waals surface area contributed by atoms with Gasteiger partial charge >= 0.3 is 0 Å². The summed E-state index contributed by atoms with van der Waals surface area (Å²) in [4.78, 5) is 16.1. The van der Waals surface area contributed by atoms with Gasteiger partial charge in [0.2, 0.25) is 5.91 Å². The average molecular weight is 328 g/mol. The normalized spacial score (nSPS) is 10.7. The minimum atomic E-state index is 0.151. The fraction of sp³-hybridized carbons (Fsp3) is 0.500. The minimum absolute atomic E-state index is 0.151. The van der Waals surface area contributed by atoms with Crippen LogP contribution in [0.5, 0.6) is 5.75 Å². The molecule has 0 fully saturated rings. The van der Waals surface area contributed by atoms with Crippen molar-refractivity contribution in [2.24, 2.45) is 0 Å². The highest BCUT2D eigenvalue weighted by molar-refractivity contribution is 5.84. The van der Waals surface area contributed by atoms with E-state index in [0.29, 0.717) is 19.6 Å². The quantitative estimate of drug-likeness (QED) is 0.619. The van der Waals surface area contributed by atoms with Gasteiger partial charge in [0.25, 0.3) is 0 Å². The van der Waals surface area contributed by atoms with Crippen molar-refractivity contribution in [1.29, 1.82) is 0 Å². The summed E-state index contributed by atoms with van der Waals surface area (Å²) in [5.74, 6) is 0.952. The Balaban J connectivity index is 1.60. The molecular formula is C20H28N2O2. The number of aromatic nitrogens is 1. The predicted molar refractivity (Wildman–Crippen MR) is 98.2 cm³/mol. The van der Waals surface area contributed by atoms with Crippen LogP contribution in [-0.2, 0) is 4.79 Å². The molecule has 0 saturated heterocycles. The lowest BCUT2D eigenvalue weighted by atomic mass is 10.1. The SMILES string of the molecule is CCCCCCCC(=O)NCCCOc1cccc2cccnc12. The summed E-state index contributed by atoms with van der Waals surface area (Å²) >= 11 is 0. The molecule has 1 aromatic carbocycles. The van der Waals surface area contributed by atoms with Gasteiger partial charge in [-0.05, 0) is 25.0 Å². The molecule has 1 amide bonds. The Hall–Kier alpha value is -2.10. The summed E-state index contributed by atoms with van der Waals surface area (Å²) in [6, 6.07) is 9.87. The van der Waals surface area contributed by atoms with E-state index in [1.54, 1.807) is 6.20 Å². The summed E-state index contributed by atoms with van der Waals surface area (Å²) in [6.07, 6.45) is 9.08. The summed E-state index contributed by atoms with van der Waals surface area (Å²) in [5, 5.41) is 4.04. The number of benzene rings is 1. The molecule has 4 heteroatoms. The van der Waals surface area contributed by atoms with E-state index in [1.807, 2.05) is 30.3 Å². The number of nitrogens with one attached hydrogen (secondary N) is 1. The van der Waals surface area contributed by atoms with Gasteiger partial charge in [0, 0.05) is 24.5 Å². The molecule has 1 N–H and O–H groups in total. The third-order valence-electron chi connectivity index (χ3n) is 4.00. The standard InChI is InChI=1S/C20H28N2O2/c1-2-3-4-5-6-13-19(23)21-15-9-16-24-18-12-7-10-17-11-8-14-22-20(17)18/h7-8,10-12,14H,2-6,9,13,15-16H2,1H3,(H,21,23). The highest BCUT2D eigenvalue weighted by atomic mass is 16.5. The number of ether oxygens (including phenoxy) is 1. The van der Waals surface area contributed by atoms with E-state index >= 15 is 0 Å². The largest absolute Gasteiger partial charge is 0.491 e. The Kier molecular flexibility index (Phi) is 8.08. The van der Waals surface area contributed by atoms with Crippen molar-refractivity contribution >= 4 is 16.8 Å². The van der Waals surface area contributed by atoms with Crippen molar-refractivity contribution in [1.82, 2.24) is 10.3 Å². The number of pyridine rings is 1. The molecule has 1 aromatic heterocycles. The maximum atomic E-state index is 11.7. The van der Waals surface area contributed by atoms with Crippen LogP contribution >= 0.6 is 0 Å². The number of rotatable bonds is 11. The van der Waals surface area contributed by atoms with E-state index in [9.17, 15) is 4.79 Å². The van der Waals surface area contributed by atoms with Gasteiger partial charge in [0.15, 0.2) is 0 Å². The van der Waals surface area contributed by atoms with Crippen molar-refractivity contribution in [3.63, 3.8) is 0 Å². The first-order chi connectivity index (χ1) is 11.8. The topological polar surface area (TPSA) is 51.2 Å². The van der Waals surface area contributed by atoms with Crippen molar-refractivity contribution in [2.45, 2.75) is 51.9 Å². The van der Waals surface area contributed by atoms with Gasteiger partial charge < -0.3 is 10.1 Å². The van der Waals surface area contributed by atoms with Gasteiger partial charge in [0.1, 0.15) is 11.3 Å². The van der Waals surface area contributed by atoms with E-state index in [2.05, 4.69) is 17.2 Å². The second kappa shape index (κ2) is 10.6. The maximum Gasteiger partial charge on any atom is 0.219 e. The number of hydrogen-bond donors (Lipinski definition) is 1. The van der Waals surface area contributed by atoms with E-state index in [0.717, 1.165) is 35.9 Å². The van der Waals surface area contributed by atoms with Crippen LogP contribution in [0.3, 0.4) is 0 Å². The van der Waals surface area contributed by atoms with Crippen molar-refractivity contribution in [2.75, 3.05) is 13.2 Å². The second-order valence-electron chi connectivity index (χ2n) is 6.05. The number of para-hydroxylation sites is 1. The van der Waals surface area contributed by atoms with Crippen LogP contribution in [0.1, 0.15) is 51.9 Å². The molecule has 0 aliphatic heterocycles. The predicted octanol–water partition coefficient (Wildman–Crippen LogP) is 4.48. The van der Waals surface area contributed by atoms with Gasteiger partial charge in [-0.2, -0.15) is 0 Å². The zero-order valence-corrected chi connectivity index (χ0v) is 14.6. The molecule has 130 valence electrons. The van der Waals surface area contributed by atoms with Crippen LogP contribution in [0.25, 0.3) is 10.9 Å². The lowest BCUT2D eigenvalue weighted by Gasteiger charge is -2.09. The fourth-order valence-corrected chi connectivity index (χ4v) is 2.65. The molecule has 0 saturated carbocycles. The Morgan fingerprint density at radius 2 is 1.92 bits per heavy atom. The summed E-state index contributed by atoms with van der Waals surface area (Å²) < 4.78 is 5.81. The number of fused-ring (bicyclic) bond motifs is 1. The molecule has 0 atom stereocenters. The molecule has 0 radical (unpaired) electrons. The van der Waals surface area contributed by atoms with Gasteiger partial charge in [-0.25, -0.2) is 0 Å². The van der Waals surface area contributed by atoms with Gasteiger partial charge in [-0.1, -0.05) is 50.8 Å². The van der Waals surface area contributed by atoms with Crippen LogP contribution in [0.15, 0.2) is 36.5 Å². The lowest BCUT2D eigenvalue weighted by Crippen LogP contribution is -2.25. The van der Waals surface area contributed by atoms with E-state index in [-0.39, 0.29) is 5.91 Å². The first-order valence-electron chi connectivity index (χ1n) is 9.04. The Bertz CT molecular complexity index is 623. The van der Waals surface area contributed by atoms with Gasteiger partial charge in [-0.3, -0.25) is 9.78 Å². The molecular weight excluding hydrogens is 300 g/mol. The van der Waals surface area contributed by atoms with Crippen LogP contribution in [-0.4, -0.2) is 24.0 Å². The molecule has 0 unspecified atom stereocenters. The first kappa shape index (κ1) is 18.2. The number of carbonyl (C=O) groups excluding carboxylic acids is 1. The highest BCUT2D eigenvalue weighted by Gasteiger charge is 2.03. The molecule has 0 aliphatic rings. The molecule has 0 spiro atoms. The molecule has 2 aromatic rings. The van der Waals surface area contributed by atoms with Crippen LogP contribution in [0.4, 0.5) is 0 Å². The fourth-order valence-electron chi connectivity index (χ4n) is 2.65. The number of carbonyl (C=O) groups is 1. The Labute approximate surface area is 144 Å². The third-order valence-corrected chi connectivity index (χ3v) is 4.00. The molecule has 0 aliphatic carbocycles.